The second kappa shape index (κ2) is 7.04. The first-order valence-corrected chi connectivity index (χ1v) is 8.24. The number of piperidine rings is 1. The van der Waals surface area contributed by atoms with Crippen molar-refractivity contribution in [3.05, 3.63) is 0 Å². The standard InChI is InChI=1S/C14H27BrN2O2/c1-13(2)9-7-10-14(3,4)17(13)19-16-12(18)8-5-6-11-15/h5-11H2,1-4H3,(H,16,18). The van der Waals surface area contributed by atoms with Gasteiger partial charge in [-0.3, -0.25) is 4.79 Å². The normalized spacial score (nSPS) is 22.2. The summed E-state index contributed by atoms with van der Waals surface area (Å²) in [5.41, 5.74) is 2.49. The van der Waals surface area contributed by atoms with Gasteiger partial charge in [-0.2, -0.15) is 10.0 Å². The maximum atomic E-state index is 11.7. The molecule has 0 unspecified atom stereocenters. The first-order chi connectivity index (χ1) is 8.79. The van der Waals surface area contributed by atoms with Crippen molar-refractivity contribution in [1.82, 2.24) is 10.5 Å². The number of rotatable bonds is 6. The van der Waals surface area contributed by atoms with Crippen LogP contribution in [0, 0.1) is 0 Å². The highest BCUT2D eigenvalue weighted by atomic mass is 79.9. The Labute approximate surface area is 125 Å². The van der Waals surface area contributed by atoms with Crippen LogP contribution >= 0.6 is 15.9 Å². The van der Waals surface area contributed by atoms with Gasteiger partial charge in [-0.25, -0.2) is 5.48 Å². The third-order valence-corrected chi connectivity index (χ3v) is 4.28. The van der Waals surface area contributed by atoms with Gasteiger partial charge in [-0.15, -0.1) is 0 Å². The lowest BCUT2D eigenvalue weighted by Crippen LogP contribution is -2.60. The fourth-order valence-corrected chi connectivity index (χ4v) is 3.15. The number of carbonyl (C=O) groups is 1. The molecule has 1 aliphatic rings. The minimum Gasteiger partial charge on any atom is -0.273 e. The van der Waals surface area contributed by atoms with Gasteiger partial charge in [-0.05, 0) is 59.8 Å². The van der Waals surface area contributed by atoms with E-state index in [1.165, 1.54) is 6.42 Å². The van der Waals surface area contributed by atoms with Gasteiger partial charge in [0, 0.05) is 22.8 Å². The molecule has 0 atom stereocenters. The van der Waals surface area contributed by atoms with Gasteiger partial charge in [0.25, 0.3) is 0 Å². The third-order valence-electron chi connectivity index (χ3n) is 3.71. The summed E-state index contributed by atoms with van der Waals surface area (Å²) in [6, 6.07) is 0. The van der Waals surface area contributed by atoms with Crippen LogP contribution in [-0.2, 0) is 9.73 Å². The Morgan fingerprint density at radius 3 is 2.32 bits per heavy atom. The number of amides is 1. The molecule has 5 heteroatoms. The van der Waals surface area contributed by atoms with E-state index in [1.807, 2.05) is 5.06 Å². The second-order valence-electron chi connectivity index (χ2n) is 6.54. The number of alkyl halides is 1. The van der Waals surface area contributed by atoms with Crippen LogP contribution < -0.4 is 5.48 Å². The maximum absolute atomic E-state index is 11.7. The molecule has 0 saturated carbocycles. The Bertz CT molecular complexity index is 290. The average Bonchev–Trinajstić information content (AvgIpc) is 2.27. The lowest BCUT2D eigenvalue weighted by molar-refractivity contribution is -0.308. The van der Waals surface area contributed by atoms with Gasteiger partial charge in [0.05, 0.1) is 0 Å². The fraction of sp³-hybridized carbons (Fsp3) is 0.929. The number of unbranched alkanes of at least 4 members (excludes halogenated alkanes) is 1. The van der Waals surface area contributed by atoms with Crippen LogP contribution in [0.1, 0.15) is 66.2 Å². The molecule has 0 aromatic carbocycles. The zero-order valence-electron chi connectivity index (χ0n) is 12.6. The van der Waals surface area contributed by atoms with E-state index in [0.29, 0.717) is 6.42 Å². The van der Waals surface area contributed by atoms with E-state index in [0.717, 1.165) is 31.0 Å². The van der Waals surface area contributed by atoms with Crippen molar-refractivity contribution in [2.24, 2.45) is 0 Å². The first-order valence-electron chi connectivity index (χ1n) is 7.12. The van der Waals surface area contributed by atoms with Gasteiger partial charge in [0.2, 0.25) is 5.91 Å². The molecule has 0 radical (unpaired) electrons. The van der Waals surface area contributed by atoms with Crippen molar-refractivity contribution >= 4 is 21.8 Å². The van der Waals surface area contributed by atoms with Crippen LogP contribution in [0.5, 0.6) is 0 Å². The third kappa shape index (κ3) is 5.04. The molecule has 0 aliphatic carbocycles. The summed E-state index contributed by atoms with van der Waals surface area (Å²) < 4.78 is 0. The van der Waals surface area contributed by atoms with Gasteiger partial charge >= 0.3 is 0 Å². The highest BCUT2D eigenvalue weighted by Gasteiger charge is 2.43. The molecule has 1 heterocycles. The number of nitrogens with one attached hydrogen (secondary N) is 1. The van der Waals surface area contributed by atoms with E-state index < -0.39 is 0 Å². The van der Waals surface area contributed by atoms with Crippen molar-refractivity contribution in [2.45, 2.75) is 77.3 Å². The van der Waals surface area contributed by atoms with Crippen LogP contribution in [0.2, 0.25) is 0 Å². The Hall–Kier alpha value is -0.130. The Balaban J connectivity index is 2.47. The molecule has 1 aliphatic heterocycles. The van der Waals surface area contributed by atoms with Crippen molar-refractivity contribution < 1.29 is 9.73 Å². The number of hydroxylamine groups is 3. The molecule has 0 aromatic heterocycles. The minimum atomic E-state index is -0.0507. The monoisotopic (exact) mass is 334 g/mol. The Kier molecular flexibility index (Phi) is 6.27. The molecule has 0 bridgehead atoms. The molecular weight excluding hydrogens is 308 g/mol. The van der Waals surface area contributed by atoms with E-state index >= 15 is 0 Å². The number of hydrogen-bond donors (Lipinski definition) is 1. The van der Waals surface area contributed by atoms with E-state index in [2.05, 4.69) is 49.1 Å². The van der Waals surface area contributed by atoms with Crippen molar-refractivity contribution in [3.8, 4) is 0 Å². The SMILES string of the molecule is CC1(C)CCCC(C)(C)N1ONC(=O)CCCCBr. The van der Waals surface area contributed by atoms with Crippen LogP contribution in [0.3, 0.4) is 0 Å². The van der Waals surface area contributed by atoms with Gasteiger partial charge in [0.15, 0.2) is 0 Å². The van der Waals surface area contributed by atoms with Crippen LogP contribution in [0.15, 0.2) is 0 Å². The molecule has 1 N–H and O–H groups in total. The summed E-state index contributed by atoms with van der Waals surface area (Å²) in [5, 5.41) is 2.89. The van der Waals surface area contributed by atoms with Gasteiger partial charge in [0.1, 0.15) is 0 Å². The van der Waals surface area contributed by atoms with E-state index in [9.17, 15) is 4.79 Å². The van der Waals surface area contributed by atoms with Crippen molar-refractivity contribution in [1.29, 1.82) is 0 Å². The summed E-state index contributed by atoms with van der Waals surface area (Å²) in [4.78, 5) is 17.3. The van der Waals surface area contributed by atoms with Crippen LogP contribution in [0.25, 0.3) is 0 Å². The zero-order valence-corrected chi connectivity index (χ0v) is 14.2. The molecule has 0 spiro atoms. The lowest BCUT2D eigenvalue weighted by Gasteiger charge is -2.50. The number of hydrogen-bond acceptors (Lipinski definition) is 3. The predicted molar refractivity (Wildman–Crippen MR) is 80.7 cm³/mol. The molecule has 1 saturated heterocycles. The van der Waals surface area contributed by atoms with Crippen LogP contribution in [-0.4, -0.2) is 27.4 Å². The summed E-state index contributed by atoms with van der Waals surface area (Å²) >= 11 is 3.36. The van der Waals surface area contributed by atoms with Gasteiger partial charge < -0.3 is 0 Å². The maximum Gasteiger partial charge on any atom is 0.245 e. The molecule has 19 heavy (non-hydrogen) atoms. The molecule has 0 aromatic rings. The Morgan fingerprint density at radius 2 is 1.79 bits per heavy atom. The highest BCUT2D eigenvalue weighted by molar-refractivity contribution is 9.09. The molecule has 1 amide bonds. The lowest BCUT2D eigenvalue weighted by atomic mass is 9.82. The molecule has 1 rings (SSSR count). The summed E-state index contributed by atoms with van der Waals surface area (Å²) in [6.07, 6.45) is 5.76. The second-order valence-corrected chi connectivity index (χ2v) is 7.33. The number of halogens is 1. The summed E-state index contributed by atoms with van der Waals surface area (Å²) in [6.45, 7) is 8.63. The van der Waals surface area contributed by atoms with E-state index in [-0.39, 0.29) is 17.0 Å². The predicted octanol–water partition coefficient (Wildman–Crippen LogP) is 3.56. The number of carbonyl (C=O) groups excluding carboxylic acids is 1. The average molecular weight is 335 g/mol. The van der Waals surface area contributed by atoms with E-state index in [1.54, 1.807) is 0 Å². The van der Waals surface area contributed by atoms with Gasteiger partial charge in [-0.1, -0.05) is 15.9 Å². The summed E-state index contributed by atoms with van der Waals surface area (Å²) in [5.74, 6) is -0.0434. The summed E-state index contributed by atoms with van der Waals surface area (Å²) in [7, 11) is 0. The van der Waals surface area contributed by atoms with Crippen LogP contribution in [0.4, 0.5) is 0 Å². The van der Waals surface area contributed by atoms with Crippen molar-refractivity contribution in [3.63, 3.8) is 0 Å². The molecule has 4 nitrogen and oxygen atoms in total. The Morgan fingerprint density at radius 1 is 1.21 bits per heavy atom. The highest BCUT2D eigenvalue weighted by Crippen LogP contribution is 2.37. The molecule has 1 fully saturated rings. The number of nitrogens with zero attached hydrogens (tertiary/aromatic N) is 1. The smallest absolute Gasteiger partial charge is 0.245 e. The van der Waals surface area contributed by atoms with Crippen molar-refractivity contribution in [2.75, 3.05) is 5.33 Å². The van der Waals surface area contributed by atoms with E-state index in [4.69, 9.17) is 4.94 Å². The first kappa shape index (κ1) is 16.9. The quantitative estimate of drug-likeness (QED) is 0.458. The molecular formula is C14H27BrN2O2. The minimum absolute atomic E-state index is 0.0434. The fourth-order valence-electron chi connectivity index (χ4n) is 2.75. The molecule has 112 valence electrons. The zero-order chi connectivity index (χ0) is 14.5. The topological polar surface area (TPSA) is 41.6 Å². The largest absolute Gasteiger partial charge is 0.273 e.